The van der Waals surface area contributed by atoms with Gasteiger partial charge in [0.2, 0.25) is 6.17 Å². The first kappa shape index (κ1) is 15.4. The van der Waals surface area contributed by atoms with Crippen molar-refractivity contribution in [1.29, 1.82) is 0 Å². The van der Waals surface area contributed by atoms with Crippen molar-refractivity contribution in [2.24, 2.45) is 5.73 Å². The summed E-state index contributed by atoms with van der Waals surface area (Å²) >= 11 is 6.49. The van der Waals surface area contributed by atoms with E-state index in [1.807, 2.05) is 0 Å². The van der Waals surface area contributed by atoms with Crippen LogP contribution in [0.25, 0.3) is 0 Å². The quantitative estimate of drug-likeness (QED) is 0.618. The molecule has 1 aromatic carbocycles. The van der Waals surface area contributed by atoms with Gasteiger partial charge >= 0.3 is 5.97 Å². The summed E-state index contributed by atoms with van der Waals surface area (Å²) in [5.41, 5.74) is 12.2. The molecule has 0 amide bonds. The third kappa shape index (κ3) is 3.43. The summed E-state index contributed by atoms with van der Waals surface area (Å²) in [6, 6.07) is 2.12. The van der Waals surface area contributed by atoms with E-state index >= 15 is 0 Å². The number of benzene rings is 1. The number of hydrogen-bond donors (Lipinski definition) is 2. The number of carbonyl (C=O) groups is 1. The van der Waals surface area contributed by atoms with E-state index < -0.39 is 18.2 Å². The predicted molar refractivity (Wildman–Crippen MR) is 74.7 cm³/mol. The van der Waals surface area contributed by atoms with Crippen LogP contribution >= 0.6 is 31.9 Å². The van der Waals surface area contributed by atoms with Crippen LogP contribution in [0.3, 0.4) is 0 Å². The van der Waals surface area contributed by atoms with Gasteiger partial charge in [0.25, 0.3) is 0 Å². The lowest BCUT2D eigenvalue weighted by Crippen LogP contribution is -2.32. The summed E-state index contributed by atoms with van der Waals surface area (Å²) in [6.07, 6.45) is -1.95. The van der Waals surface area contributed by atoms with Crippen LogP contribution in [0.5, 0.6) is 0 Å². The second kappa shape index (κ2) is 6.49. The highest BCUT2D eigenvalue weighted by atomic mass is 79.9. The van der Waals surface area contributed by atoms with Gasteiger partial charge in [-0.1, -0.05) is 15.9 Å². The Morgan fingerprint density at radius 1 is 1.50 bits per heavy atom. The zero-order valence-electron chi connectivity index (χ0n) is 9.62. The summed E-state index contributed by atoms with van der Waals surface area (Å²) in [6.45, 7) is 1.70. The minimum Gasteiger partial charge on any atom is -0.464 e. The molecule has 0 radical (unpaired) electrons. The second-order valence-electron chi connectivity index (χ2n) is 3.57. The Morgan fingerprint density at radius 2 is 2.11 bits per heavy atom. The van der Waals surface area contributed by atoms with E-state index in [1.54, 1.807) is 19.1 Å². The Bertz CT molecular complexity index is 457. The SMILES string of the molecule is CCOC(=O)C(F)[C@H](N)c1cc(Br)cc(Br)c1N. The molecule has 1 rings (SSSR count). The monoisotopic (exact) mass is 382 g/mol. The highest BCUT2D eigenvalue weighted by Crippen LogP contribution is 2.33. The van der Waals surface area contributed by atoms with Crippen molar-refractivity contribution in [1.82, 2.24) is 0 Å². The first-order valence-electron chi connectivity index (χ1n) is 5.19. The standard InChI is InChI=1S/C11H13Br2FN2O2/c1-2-18-11(17)8(14)10(16)6-3-5(12)4-7(13)9(6)15/h3-4,8,10H,2,15-16H2,1H3/t8?,10-/m1/s1. The van der Waals surface area contributed by atoms with E-state index in [4.69, 9.17) is 11.5 Å². The molecule has 0 saturated carbocycles. The molecular weight excluding hydrogens is 371 g/mol. The topological polar surface area (TPSA) is 78.3 Å². The molecule has 0 aliphatic heterocycles. The molecule has 100 valence electrons. The first-order chi connectivity index (χ1) is 8.38. The maximum absolute atomic E-state index is 13.8. The Hall–Kier alpha value is -0.660. The van der Waals surface area contributed by atoms with Gasteiger partial charge in [-0.3, -0.25) is 0 Å². The van der Waals surface area contributed by atoms with E-state index in [0.29, 0.717) is 20.2 Å². The molecular formula is C11H13Br2FN2O2. The predicted octanol–water partition coefficient (Wildman–Crippen LogP) is 2.69. The number of carbonyl (C=O) groups excluding carboxylic acids is 1. The van der Waals surface area contributed by atoms with E-state index in [9.17, 15) is 9.18 Å². The maximum atomic E-state index is 13.8. The van der Waals surface area contributed by atoms with Crippen LogP contribution in [-0.2, 0) is 9.53 Å². The van der Waals surface area contributed by atoms with Gasteiger partial charge < -0.3 is 16.2 Å². The lowest BCUT2D eigenvalue weighted by atomic mass is 10.0. The summed E-state index contributed by atoms with van der Waals surface area (Å²) in [7, 11) is 0. The van der Waals surface area contributed by atoms with Gasteiger partial charge in [0.15, 0.2) is 0 Å². The molecule has 2 atom stereocenters. The molecule has 0 aromatic heterocycles. The molecule has 0 aliphatic rings. The van der Waals surface area contributed by atoms with Crippen LogP contribution in [0.2, 0.25) is 0 Å². The molecule has 18 heavy (non-hydrogen) atoms. The van der Waals surface area contributed by atoms with E-state index in [1.165, 1.54) is 0 Å². The minimum absolute atomic E-state index is 0.101. The average molecular weight is 384 g/mol. The molecule has 1 unspecified atom stereocenters. The molecule has 1 aromatic rings. The van der Waals surface area contributed by atoms with Gasteiger partial charge in [-0.05, 0) is 40.5 Å². The van der Waals surface area contributed by atoms with Crippen LogP contribution in [0.1, 0.15) is 18.5 Å². The fraction of sp³-hybridized carbons (Fsp3) is 0.364. The molecule has 0 aliphatic carbocycles. The van der Waals surface area contributed by atoms with Crippen molar-refractivity contribution < 1.29 is 13.9 Å². The molecule has 7 heteroatoms. The molecule has 0 fully saturated rings. The van der Waals surface area contributed by atoms with Crippen LogP contribution in [0.4, 0.5) is 10.1 Å². The highest BCUT2D eigenvalue weighted by molar-refractivity contribution is 9.11. The third-order valence-corrected chi connectivity index (χ3v) is 3.43. The molecule has 4 N–H and O–H groups in total. The van der Waals surface area contributed by atoms with E-state index in [0.717, 1.165) is 0 Å². The van der Waals surface area contributed by atoms with Crippen molar-refractivity contribution in [3.63, 3.8) is 0 Å². The number of rotatable bonds is 4. The van der Waals surface area contributed by atoms with Gasteiger partial charge in [0.05, 0.1) is 18.3 Å². The lowest BCUT2D eigenvalue weighted by molar-refractivity contribution is -0.149. The zero-order valence-corrected chi connectivity index (χ0v) is 12.8. The first-order valence-corrected chi connectivity index (χ1v) is 6.77. The maximum Gasteiger partial charge on any atom is 0.342 e. The zero-order chi connectivity index (χ0) is 13.9. The number of esters is 1. The Kier molecular flexibility index (Phi) is 5.55. The number of alkyl halides is 1. The Morgan fingerprint density at radius 3 is 2.67 bits per heavy atom. The fourth-order valence-corrected chi connectivity index (χ4v) is 2.66. The number of hydrogen-bond acceptors (Lipinski definition) is 4. The molecule has 4 nitrogen and oxygen atoms in total. The van der Waals surface area contributed by atoms with Crippen molar-refractivity contribution in [2.45, 2.75) is 19.1 Å². The second-order valence-corrected chi connectivity index (χ2v) is 5.34. The number of ether oxygens (including phenoxy) is 1. The Labute approximate surface area is 121 Å². The minimum atomic E-state index is -1.95. The lowest BCUT2D eigenvalue weighted by Gasteiger charge is -2.18. The van der Waals surface area contributed by atoms with Crippen molar-refractivity contribution in [3.05, 3.63) is 26.6 Å². The summed E-state index contributed by atoms with van der Waals surface area (Å²) in [4.78, 5) is 11.3. The van der Waals surface area contributed by atoms with Gasteiger partial charge in [-0.15, -0.1) is 0 Å². The van der Waals surface area contributed by atoms with Crippen molar-refractivity contribution >= 4 is 43.5 Å². The van der Waals surface area contributed by atoms with Gasteiger partial charge in [0.1, 0.15) is 0 Å². The number of anilines is 1. The largest absolute Gasteiger partial charge is 0.464 e. The molecule has 0 bridgehead atoms. The summed E-state index contributed by atoms with van der Waals surface area (Å²) in [5, 5.41) is 0. The highest BCUT2D eigenvalue weighted by Gasteiger charge is 2.29. The van der Waals surface area contributed by atoms with Crippen LogP contribution < -0.4 is 11.5 Å². The van der Waals surface area contributed by atoms with E-state index in [-0.39, 0.29) is 6.61 Å². The van der Waals surface area contributed by atoms with Crippen molar-refractivity contribution in [3.8, 4) is 0 Å². The number of nitrogen functional groups attached to an aromatic ring is 1. The summed E-state index contributed by atoms with van der Waals surface area (Å²) in [5.74, 6) is -0.986. The number of halogens is 3. The normalized spacial score (nSPS) is 14.1. The van der Waals surface area contributed by atoms with Gasteiger partial charge in [-0.25, -0.2) is 9.18 Å². The third-order valence-electron chi connectivity index (χ3n) is 2.31. The Balaban J connectivity index is 3.03. The van der Waals surface area contributed by atoms with Gasteiger partial charge in [-0.2, -0.15) is 0 Å². The fourth-order valence-electron chi connectivity index (χ4n) is 1.41. The van der Waals surface area contributed by atoms with E-state index in [2.05, 4.69) is 36.6 Å². The molecule has 0 spiro atoms. The smallest absolute Gasteiger partial charge is 0.342 e. The van der Waals surface area contributed by atoms with Gasteiger partial charge in [0, 0.05) is 8.95 Å². The molecule has 0 saturated heterocycles. The summed E-state index contributed by atoms with van der Waals surface area (Å²) < 4.78 is 19.7. The van der Waals surface area contributed by atoms with Crippen LogP contribution in [0.15, 0.2) is 21.1 Å². The average Bonchev–Trinajstić information content (AvgIpc) is 2.32. The van der Waals surface area contributed by atoms with Crippen LogP contribution in [0, 0.1) is 0 Å². The number of nitrogens with two attached hydrogens (primary N) is 2. The molecule has 0 heterocycles. The van der Waals surface area contributed by atoms with Crippen LogP contribution in [-0.4, -0.2) is 18.7 Å². The van der Waals surface area contributed by atoms with Crippen molar-refractivity contribution in [2.75, 3.05) is 12.3 Å².